The highest BCUT2D eigenvalue weighted by Crippen LogP contribution is 2.27. The van der Waals surface area contributed by atoms with E-state index in [1.54, 1.807) is 11.3 Å². The van der Waals surface area contributed by atoms with Crippen molar-refractivity contribution in [2.75, 3.05) is 0 Å². The van der Waals surface area contributed by atoms with Crippen LogP contribution in [0.25, 0.3) is 11.3 Å². The SMILES string of the molecule is CCCC(N)c1nc(-c2ccc(C(C)C)cc2)cs1. The molecule has 1 unspecified atom stereocenters. The van der Waals surface area contributed by atoms with E-state index in [1.165, 1.54) is 11.1 Å². The van der Waals surface area contributed by atoms with Crippen LogP contribution in [-0.4, -0.2) is 4.98 Å². The molecule has 0 bridgehead atoms. The van der Waals surface area contributed by atoms with Crippen molar-refractivity contribution in [1.29, 1.82) is 0 Å². The van der Waals surface area contributed by atoms with Gasteiger partial charge in [-0.2, -0.15) is 0 Å². The van der Waals surface area contributed by atoms with Gasteiger partial charge in [0.25, 0.3) is 0 Å². The van der Waals surface area contributed by atoms with Gasteiger partial charge in [-0.25, -0.2) is 4.98 Å². The molecule has 0 radical (unpaired) electrons. The van der Waals surface area contributed by atoms with E-state index in [0.29, 0.717) is 5.92 Å². The summed E-state index contributed by atoms with van der Waals surface area (Å²) in [4.78, 5) is 4.67. The van der Waals surface area contributed by atoms with Gasteiger partial charge in [-0.3, -0.25) is 0 Å². The number of thiazole rings is 1. The summed E-state index contributed by atoms with van der Waals surface area (Å²) in [6.07, 6.45) is 2.10. The summed E-state index contributed by atoms with van der Waals surface area (Å²) in [6, 6.07) is 8.76. The van der Waals surface area contributed by atoms with Crippen molar-refractivity contribution in [2.24, 2.45) is 5.73 Å². The predicted octanol–water partition coefficient (Wildman–Crippen LogP) is 4.73. The average molecular weight is 274 g/mol. The number of hydrogen-bond donors (Lipinski definition) is 1. The van der Waals surface area contributed by atoms with Crippen molar-refractivity contribution in [1.82, 2.24) is 4.98 Å². The minimum absolute atomic E-state index is 0.0821. The first kappa shape index (κ1) is 14.2. The molecule has 2 aromatic rings. The van der Waals surface area contributed by atoms with E-state index in [2.05, 4.69) is 55.4 Å². The molecule has 3 heteroatoms. The van der Waals surface area contributed by atoms with Crippen molar-refractivity contribution >= 4 is 11.3 Å². The molecule has 0 amide bonds. The molecular weight excluding hydrogens is 252 g/mol. The van der Waals surface area contributed by atoms with Gasteiger partial charge in [0.2, 0.25) is 0 Å². The zero-order valence-electron chi connectivity index (χ0n) is 11.9. The lowest BCUT2D eigenvalue weighted by Gasteiger charge is -2.06. The molecule has 2 rings (SSSR count). The van der Waals surface area contributed by atoms with E-state index in [4.69, 9.17) is 5.73 Å². The third kappa shape index (κ3) is 3.43. The summed E-state index contributed by atoms with van der Waals surface area (Å²) in [6.45, 7) is 6.57. The fourth-order valence-corrected chi connectivity index (χ4v) is 2.93. The normalized spacial score (nSPS) is 12.9. The molecule has 2 nitrogen and oxygen atoms in total. The zero-order valence-corrected chi connectivity index (χ0v) is 12.7. The molecule has 0 aliphatic carbocycles. The maximum absolute atomic E-state index is 6.11. The number of benzene rings is 1. The maximum atomic E-state index is 6.11. The van der Waals surface area contributed by atoms with Crippen LogP contribution < -0.4 is 5.73 Å². The Morgan fingerprint density at radius 1 is 1.21 bits per heavy atom. The molecular formula is C16H22N2S. The van der Waals surface area contributed by atoms with E-state index >= 15 is 0 Å². The van der Waals surface area contributed by atoms with Gasteiger partial charge in [-0.15, -0.1) is 11.3 Å². The number of nitrogens with zero attached hydrogens (tertiary/aromatic N) is 1. The van der Waals surface area contributed by atoms with E-state index in [-0.39, 0.29) is 6.04 Å². The minimum Gasteiger partial charge on any atom is -0.322 e. The lowest BCUT2D eigenvalue weighted by molar-refractivity contribution is 0.635. The highest BCUT2D eigenvalue weighted by Gasteiger charge is 2.11. The van der Waals surface area contributed by atoms with Gasteiger partial charge in [0, 0.05) is 10.9 Å². The first-order valence-electron chi connectivity index (χ1n) is 6.93. The molecule has 0 saturated heterocycles. The first-order valence-corrected chi connectivity index (χ1v) is 7.81. The van der Waals surface area contributed by atoms with Crippen LogP contribution in [0.1, 0.15) is 56.1 Å². The fourth-order valence-electron chi connectivity index (χ4n) is 2.06. The Hall–Kier alpha value is -1.19. The van der Waals surface area contributed by atoms with Crippen LogP contribution in [0.15, 0.2) is 29.6 Å². The molecule has 0 saturated carbocycles. The Balaban J connectivity index is 2.18. The molecule has 102 valence electrons. The van der Waals surface area contributed by atoms with Crippen molar-refractivity contribution in [3.8, 4) is 11.3 Å². The zero-order chi connectivity index (χ0) is 13.8. The van der Waals surface area contributed by atoms with Crippen molar-refractivity contribution in [3.63, 3.8) is 0 Å². The van der Waals surface area contributed by atoms with Gasteiger partial charge in [-0.05, 0) is 17.9 Å². The lowest BCUT2D eigenvalue weighted by Crippen LogP contribution is -2.09. The Bertz CT molecular complexity index is 514. The molecule has 19 heavy (non-hydrogen) atoms. The maximum Gasteiger partial charge on any atom is 0.110 e. The lowest BCUT2D eigenvalue weighted by atomic mass is 10.0. The Morgan fingerprint density at radius 3 is 2.47 bits per heavy atom. The molecule has 1 heterocycles. The molecule has 0 aliphatic heterocycles. The molecule has 0 aliphatic rings. The highest BCUT2D eigenvalue weighted by molar-refractivity contribution is 7.10. The Morgan fingerprint density at radius 2 is 1.89 bits per heavy atom. The van der Waals surface area contributed by atoms with Crippen LogP contribution in [0, 0.1) is 0 Å². The van der Waals surface area contributed by atoms with Crippen LogP contribution in [0.4, 0.5) is 0 Å². The molecule has 0 fully saturated rings. The van der Waals surface area contributed by atoms with Crippen LogP contribution in [0.5, 0.6) is 0 Å². The fraction of sp³-hybridized carbons (Fsp3) is 0.438. The van der Waals surface area contributed by atoms with Crippen LogP contribution in [0.2, 0.25) is 0 Å². The summed E-state index contributed by atoms with van der Waals surface area (Å²) >= 11 is 1.67. The second kappa shape index (κ2) is 6.31. The number of nitrogens with two attached hydrogens (primary N) is 1. The molecule has 1 atom stereocenters. The molecule has 0 spiro atoms. The first-order chi connectivity index (χ1) is 9.11. The second-order valence-electron chi connectivity index (χ2n) is 5.24. The van der Waals surface area contributed by atoms with Crippen molar-refractivity contribution in [3.05, 3.63) is 40.2 Å². The summed E-state index contributed by atoms with van der Waals surface area (Å²) in [7, 11) is 0. The minimum atomic E-state index is 0.0821. The summed E-state index contributed by atoms with van der Waals surface area (Å²) in [5.74, 6) is 0.568. The van der Waals surface area contributed by atoms with Gasteiger partial charge < -0.3 is 5.73 Å². The quantitative estimate of drug-likeness (QED) is 0.855. The molecule has 1 aromatic heterocycles. The van der Waals surface area contributed by atoms with Crippen molar-refractivity contribution < 1.29 is 0 Å². The Labute approximate surface area is 119 Å². The summed E-state index contributed by atoms with van der Waals surface area (Å²) in [5.41, 5.74) is 9.69. The third-order valence-electron chi connectivity index (χ3n) is 3.31. The number of rotatable bonds is 5. The predicted molar refractivity (Wildman–Crippen MR) is 83.5 cm³/mol. The van der Waals surface area contributed by atoms with Gasteiger partial charge in [0.05, 0.1) is 11.7 Å². The smallest absolute Gasteiger partial charge is 0.110 e. The largest absolute Gasteiger partial charge is 0.322 e. The average Bonchev–Trinajstić information content (AvgIpc) is 2.89. The van der Waals surface area contributed by atoms with Gasteiger partial charge in [0.15, 0.2) is 0 Å². The highest BCUT2D eigenvalue weighted by atomic mass is 32.1. The number of hydrogen-bond acceptors (Lipinski definition) is 3. The third-order valence-corrected chi connectivity index (χ3v) is 4.29. The summed E-state index contributed by atoms with van der Waals surface area (Å²) in [5, 5.41) is 3.15. The van der Waals surface area contributed by atoms with Crippen LogP contribution in [0.3, 0.4) is 0 Å². The molecule has 2 N–H and O–H groups in total. The van der Waals surface area contributed by atoms with E-state index in [9.17, 15) is 0 Å². The number of aromatic nitrogens is 1. The molecule has 1 aromatic carbocycles. The van der Waals surface area contributed by atoms with Crippen LogP contribution in [-0.2, 0) is 0 Å². The second-order valence-corrected chi connectivity index (χ2v) is 6.13. The van der Waals surface area contributed by atoms with E-state index in [0.717, 1.165) is 23.5 Å². The topological polar surface area (TPSA) is 38.9 Å². The van der Waals surface area contributed by atoms with Gasteiger partial charge in [-0.1, -0.05) is 51.5 Å². The monoisotopic (exact) mass is 274 g/mol. The summed E-state index contributed by atoms with van der Waals surface area (Å²) < 4.78 is 0. The van der Waals surface area contributed by atoms with Gasteiger partial charge >= 0.3 is 0 Å². The van der Waals surface area contributed by atoms with E-state index in [1.807, 2.05) is 0 Å². The van der Waals surface area contributed by atoms with Gasteiger partial charge in [0.1, 0.15) is 5.01 Å². The standard InChI is InChI=1S/C16H22N2S/c1-4-5-14(17)16-18-15(10-19-16)13-8-6-12(7-9-13)11(2)3/h6-11,14H,4-5,17H2,1-3H3. The van der Waals surface area contributed by atoms with E-state index < -0.39 is 0 Å². The van der Waals surface area contributed by atoms with Crippen LogP contribution >= 0.6 is 11.3 Å². The van der Waals surface area contributed by atoms with Crippen molar-refractivity contribution in [2.45, 2.75) is 45.6 Å². The Kier molecular flexibility index (Phi) is 4.72.